The Hall–Kier alpha value is -1.35. The third kappa shape index (κ3) is 2.14. The summed E-state index contributed by atoms with van der Waals surface area (Å²) < 4.78 is 0. The van der Waals surface area contributed by atoms with E-state index in [1.807, 2.05) is 0 Å². The predicted octanol–water partition coefficient (Wildman–Crippen LogP) is 1.91. The molecular weight excluding hydrogens is 248 g/mol. The van der Waals surface area contributed by atoms with E-state index in [0.29, 0.717) is 11.8 Å². The van der Waals surface area contributed by atoms with Gasteiger partial charge in [-0.2, -0.15) is 0 Å². The van der Waals surface area contributed by atoms with E-state index in [1.54, 1.807) is 0 Å². The second kappa shape index (κ2) is 4.88. The number of amides is 1. The Morgan fingerprint density at radius 3 is 2.75 bits per heavy atom. The fourth-order valence-electron chi connectivity index (χ4n) is 4.19. The Morgan fingerprint density at radius 2 is 2.00 bits per heavy atom. The Morgan fingerprint density at radius 1 is 1.15 bits per heavy atom. The van der Waals surface area contributed by atoms with Crippen LogP contribution >= 0.6 is 0 Å². The van der Waals surface area contributed by atoms with E-state index < -0.39 is 0 Å². The smallest absolute Gasteiger partial charge is 0.223 e. The molecule has 106 valence electrons. The molecule has 3 aliphatic heterocycles. The van der Waals surface area contributed by atoms with Gasteiger partial charge in [0.1, 0.15) is 0 Å². The van der Waals surface area contributed by atoms with Crippen LogP contribution in [0.25, 0.3) is 0 Å². The average Bonchev–Trinajstić information content (AvgIpc) is 3.09. The number of hydrogen-bond acceptors (Lipinski definition) is 2. The maximum atomic E-state index is 12.5. The van der Waals surface area contributed by atoms with Crippen molar-refractivity contribution in [1.82, 2.24) is 9.80 Å². The number of hydrogen-bond donors (Lipinski definition) is 0. The lowest BCUT2D eigenvalue weighted by atomic mass is 9.89. The first kappa shape index (κ1) is 12.4. The topological polar surface area (TPSA) is 23.6 Å². The van der Waals surface area contributed by atoms with Crippen LogP contribution in [0.15, 0.2) is 24.3 Å². The molecular formula is C17H22N2O. The maximum absolute atomic E-state index is 12.5. The van der Waals surface area contributed by atoms with E-state index in [0.717, 1.165) is 38.4 Å². The molecule has 1 amide bonds. The highest BCUT2D eigenvalue weighted by atomic mass is 16.2. The molecule has 3 atom stereocenters. The fourth-order valence-corrected chi connectivity index (χ4v) is 4.19. The van der Waals surface area contributed by atoms with E-state index in [-0.39, 0.29) is 0 Å². The first-order chi connectivity index (χ1) is 9.79. The quantitative estimate of drug-likeness (QED) is 0.819. The monoisotopic (exact) mass is 270 g/mol. The molecule has 3 heteroatoms. The summed E-state index contributed by atoms with van der Waals surface area (Å²) in [5.74, 6) is 1.78. The molecule has 2 saturated heterocycles. The number of carbonyl (C=O) groups excluding carboxylic acids is 1. The van der Waals surface area contributed by atoms with Gasteiger partial charge in [-0.25, -0.2) is 0 Å². The van der Waals surface area contributed by atoms with Crippen molar-refractivity contribution in [3.63, 3.8) is 0 Å². The predicted molar refractivity (Wildman–Crippen MR) is 78.2 cm³/mol. The van der Waals surface area contributed by atoms with Crippen molar-refractivity contribution in [3.05, 3.63) is 35.4 Å². The summed E-state index contributed by atoms with van der Waals surface area (Å²) in [5.41, 5.74) is 2.76. The molecule has 3 nitrogen and oxygen atoms in total. The van der Waals surface area contributed by atoms with Crippen LogP contribution in [0.5, 0.6) is 0 Å². The van der Waals surface area contributed by atoms with Crippen molar-refractivity contribution in [1.29, 1.82) is 0 Å². The Bertz CT molecular complexity index is 527. The lowest BCUT2D eigenvalue weighted by molar-refractivity contribution is -0.133. The van der Waals surface area contributed by atoms with Crippen molar-refractivity contribution in [2.45, 2.75) is 25.8 Å². The molecule has 0 radical (unpaired) electrons. The Kier molecular flexibility index (Phi) is 3.03. The molecule has 0 spiro atoms. The fraction of sp³-hybridized carbons (Fsp3) is 0.588. The van der Waals surface area contributed by atoms with Crippen LogP contribution < -0.4 is 0 Å². The van der Waals surface area contributed by atoms with Crippen molar-refractivity contribution in [2.75, 3.05) is 26.2 Å². The van der Waals surface area contributed by atoms with Gasteiger partial charge in [-0.15, -0.1) is 0 Å². The number of nitrogens with zero attached hydrogens (tertiary/aromatic N) is 2. The largest absolute Gasteiger partial charge is 0.338 e. The molecule has 2 unspecified atom stereocenters. The molecule has 0 saturated carbocycles. The van der Waals surface area contributed by atoms with Gasteiger partial charge in [-0.3, -0.25) is 4.79 Å². The van der Waals surface area contributed by atoms with Gasteiger partial charge in [0.2, 0.25) is 5.91 Å². The van der Waals surface area contributed by atoms with Gasteiger partial charge in [-0.1, -0.05) is 24.3 Å². The number of rotatable bonds is 2. The summed E-state index contributed by atoms with van der Waals surface area (Å²) in [5, 5.41) is 0. The van der Waals surface area contributed by atoms with Gasteiger partial charge in [0, 0.05) is 32.6 Å². The molecule has 2 bridgehead atoms. The minimum absolute atomic E-state index is 0.373. The summed E-state index contributed by atoms with van der Waals surface area (Å²) in [4.78, 5) is 17.1. The zero-order valence-electron chi connectivity index (χ0n) is 11.9. The zero-order valence-corrected chi connectivity index (χ0v) is 11.9. The first-order valence-corrected chi connectivity index (χ1v) is 7.86. The van der Waals surface area contributed by atoms with Crippen molar-refractivity contribution >= 4 is 5.91 Å². The van der Waals surface area contributed by atoms with Crippen molar-refractivity contribution < 1.29 is 4.79 Å². The molecule has 0 aliphatic carbocycles. The van der Waals surface area contributed by atoms with Gasteiger partial charge in [0.15, 0.2) is 0 Å². The third-order valence-corrected chi connectivity index (χ3v) is 5.39. The highest BCUT2D eigenvalue weighted by Crippen LogP contribution is 2.35. The SMILES string of the molecule is O=C(C[C@H]1CN2CCC1C2)N1CCc2ccccc2C1. The number of carbonyl (C=O) groups is 1. The minimum Gasteiger partial charge on any atom is -0.338 e. The summed E-state index contributed by atoms with van der Waals surface area (Å²) in [7, 11) is 0. The number of benzene rings is 1. The molecule has 0 N–H and O–H groups in total. The van der Waals surface area contributed by atoms with Gasteiger partial charge in [0.25, 0.3) is 0 Å². The molecule has 0 aromatic heterocycles. The van der Waals surface area contributed by atoms with Crippen LogP contribution in [0.1, 0.15) is 24.0 Å². The summed E-state index contributed by atoms with van der Waals surface area (Å²) in [6.45, 7) is 5.36. The molecule has 2 fully saturated rings. The van der Waals surface area contributed by atoms with Crippen molar-refractivity contribution in [3.8, 4) is 0 Å². The van der Waals surface area contributed by atoms with Crippen LogP contribution in [-0.2, 0) is 17.8 Å². The van der Waals surface area contributed by atoms with Crippen LogP contribution in [0, 0.1) is 11.8 Å². The Labute approximate surface area is 120 Å². The first-order valence-electron chi connectivity index (χ1n) is 7.86. The minimum atomic E-state index is 0.373. The zero-order chi connectivity index (χ0) is 13.5. The molecule has 3 heterocycles. The Balaban J connectivity index is 1.40. The van der Waals surface area contributed by atoms with E-state index in [4.69, 9.17) is 0 Å². The number of fused-ring (bicyclic) bond motifs is 3. The molecule has 1 aromatic rings. The summed E-state index contributed by atoms with van der Waals surface area (Å²) in [6.07, 6.45) is 3.09. The highest BCUT2D eigenvalue weighted by molar-refractivity contribution is 5.77. The third-order valence-electron chi connectivity index (χ3n) is 5.39. The normalized spacial score (nSPS) is 31.4. The van der Waals surface area contributed by atoms with Gasteiger partial charge in [-0.05, 0) is 42.3 Å². The molecule has 4 rings (SSSR count). The maximum Gasteiger partial charge on any atom is 0.223 e. The van der Waals surface area contributed by atoms with Gasteiger partial charge in [0.05, 0.1) is 0 Å². The second-order valence-electron chi connectivity index (χ2n) is 6.61. The van der Waals surface area contributed by atoms with Crippen LogP contribution in [0.2, 0.25) is 0 Å². The standard InChI is InChI=1S/C17H22N2O/c20-17(9-16-11-18-7-5-15(16)10-18)19-8-6-13-3-1-2-4-14(13)12-19/h1-4,15-16H,5-12H2/t15?,16-/m0/s1. The summed E-state index contributed by atoms with van der Waals surface area (Å²) in [6, 6.07) is 8.54. The van der Waals surface area contributed by atoms with Crippen molar-refractivity contribution in [2.24, 2.45) is 11.8 Å². The van der Waals surface area contributed by atoms with Crippen LogP contribution in [0.3, 0.4) is 0 Å². The van der Waals surface area contributed by atoms with E-state index >= 15 is 0 Å². The van der Waals surface area contributed by atoms with E-state index in [1.165, 1.54) is 30.6 Å². The second-order valence-corrected chi connectivity index (χ2v) is 6.61. The molecule has 3 aliphatic rings. The van der Waals surface area contributed by atoms with Crippen LogP contribution in [-0.4, -0.2) is 41.9 Å². The molecule has 20 heavy (non-hydrogen) atoms. The lowest BCUT2D eigenvalue weighted by Crippen LogP contribution is -2.38. The van der Waals surface area contributed by atoms with E-state index in [2.05, 4.69) is 34.1 Å². The van der Waals surface area contributed by atoms with Gasteiger partial charge >= 0.3 is 0 Å². The van der Waals surface area contributed by atoms with Gasteiger partial charge < -0.3 is 9.80 Å². The highest BCUT2D eigenvalue weighted by Gasteiger charge is 2.39. The van der Waals surface area contributed by atoms with Crippen LogP contribution in [0.4, 0.5) is 0 Å². The lowest BCUT2D eigenvalue weighted by Gasteiger charge is -2.31. The average molecular weight is 270 g/mol. The van der Waals surface area contributed by atoms with E-state index in [9.17, 15) is 4.79 Å². The summed E-state index contributed by atoms with van der Waals surface area (Å²) >= 11 is 0. The number of piperidine rings is 1. The molecule has 1 aromatic carbocycles.